The molecular weight excluding hydrogens is 316 g/mol. The Morgan fingerprint density at radius 3 is 2.52 bits per heavy atom. The van der Waals surface area contributed by atoms with Crippen molar-refractivity contribution in [3.05, 3.63) is 53.6 Å². The van der Waals surface area contributed by atoms with Gasteiger partial charge in [-0.2, -0.15) is 0 Å². The molecule has 0 bridgehead atoms. The minimum Gasteiger partial charge on any atom is -0.504 e. The molecule has 1 aliphatic heterocycles. The van der Waals surface area contributed by atoms with Gasteiger partial charge in [-0.05, 0) is 42.3 Å². The summed E-state index contributed by atoms with van der Waals surface area (Å²) >= 11 is 0. The van der Waals surface area contributed by atoms with Crippen LogP contribution in [0.15, 0.2) is 42.5 Å². The molecule has 2 N–H and O–H groups in total. The van der Waals surface area contributed by atoms with Gasteiger partial charge in [0.25, 0.3) is 0 Å². The highest BCUT2D eigenvalue weighted by molar-refractivity contribution is 5.47. The fourth-order valence-electron chi connectivity index (χ4n) is 3.10. The van der Waals surface area contributed by atoms with Crippen molar-refractivity contribution < 1.29 is 14.6 Å². The third-order valence-electron chi connectivity index (χ3n) is 4.73. The van der Waals surface area contributed by atoms with Crippen molar-refractivity contribution in [3.63, 3.8) is 0 Å². The zero-order valence-electron chi connectivity index (χ0n) is 14.9. The molecule has 1 atom stereocenters. The first-order valence-corrected chi connectivity index (χ1v) is 8.69. The second-order valence-electron chi connectivity index (χ2n) is 6.31. The normalized spacial score (nSPS) is 16.4. The third kappa shape index (κ3) is 4.44. The number of phenolic OH excluding ortho intramolecular Hbond substituents is 1. The van der Waals surface area contributed by atoms with Crippen LogP contribution in [-0.2, 0) is 11.3 Å². The van der Waals surface area contributed by atoms with Crippen LogP contribution in [0.3, 0.4) is 0 Å². The Morgan fingerprint density at radius 1 is 1.16 bits per heavy atom. The van der Waals surface area contributed by atoms with Gasteiger partial charge in [0.15, 0.2) is 11.5 Å². The second-order valence-corrected chi connectivity index (χ2v) is 6.31. The summed E-state index contributed by atoms with van der Waals surface area (Å²) in [6, 6.07) is 14.4. The van der Waals surface area contributed by atoms with Crippen molar-refractivity contribution in [2.45, 2.75) is 19.5 Å². The summed E-state index contributed by atoms with van der Waals surface area (Å²) < 4.78 is 10.5. The maximum atomic E-state index is 9.84. The van der Waals surface area contributed by atoms with Crippen LogP contribution in [0.4, 0.5) is 5.69 Å². The van der Waals surface area contributed by atoms with Crippen LogP contribution < -0.4 is 10.1 Å². The number of phenols is 1. The number of nitrogens with zero attached hydrogens (tertiary/aromatic N) is 1. The van der Waals surface area contributed by atoms with Crippen LogP contribution in [0.2, 0.25) is 0 Å². The van der Waals surface area contributed by atoms with Gasteiger partial charge < -0.3 is 19.9 Å². The molecule has 0 saturated carbocycles. The van der Waals surface area contributed by atoms with Gasteiger partial charge in [-0.25, -0.2) is 0 Å². The van der Waals surface area contributed by atoms with Crippen molar-refractivity contribution in [3.8, 4) is 11.5 Å². The van der Waals surface area contributed by atoms with Gasteiger partial charge in [-0.3, -0.25) is 4.90 Å². The lowest BCUT2D eigenvalue weighted by molar-refractivity contribution is 0.0198. The molecule has 1 fully saturated rings. The minimum atomic E-state index is 0.163. The summed E-state index contributed by atoms with van der Waals surface area (Å²) in [4.78, 5) is 2.45. The number of rotatable bonds is 6. The van der Waals surface area contributed by atoms with Crippen LogP contribution in [0.25, 0.3) is 0 Å². The number of anilines is 1. The highest BCUT2D eigenvalue weighted by atomic mass is 16.5. The standard InChI is InChI=1S/C20H26N2O3/c1-15(22-9-11-25-12-10-22)17-4-6-18(7-5-17)21-14-16-3-8-20(24-2)19(23)13-16/h3-8,13,15,21,23H,9-12,14H2,1-2H3/t15-/m0/s1. The van der Waals surface area contributed by atoms with Crippen molar-refractivity contribution >= 4 is 5.69 Å². The van der Waals surface area contributed by atoms with Gasteiger partial charge in [0, 0.05) is 31.4 Å². The molecule has 1 heterocycles. The van der Waals surface area contributed by atoms with E-state index in [9.17, 15) is 5.11 Å². The van der Waals surface area contributed by atoms with E-state index in [4.69, 9.17) is 9.47 Å². The number of ether oxygens (including phenoxy) is 2. The second kappa shape index (κ2) is 8.23. The van der Waals surface area contributed by atoms with E-state index in [0.29, 0.717) is 18.3 Å². The first-order chi connectivity index (χ1) is 12.2. The van der Waals surface area contributed by atoms with Crippen LogP contribution in [-0.4, -0.2) is 43.4 Å². The molecule has 5 nitrogen and oxygen atoms in total. The molecule has 5 heteroatoms. The Balaban J connectivity index is 1.58. The average molecular weight is 342 g/mol. The monoisotopic (exact) mass is 342 g/mol. The molecule has 1 saturated heterocycles. The zero-order valence-corrected chi connectivity index (χ0v) is 14.9. The lowest BCUT2D eigenvalue weighted by Crippen LogP contribution is -2.37. The van der Waals surface area contributed by atoms with E-state index >= 15 is 0 Å². The van der Waals surface area contributed by atoms with Crippen molar-refractivity contribution in [1.29, 1.82) is 0 Å². The lowest BCUT2D eigenvalue weighted by Gasteiger charge is -2.32. The van der Waals surface area contributed by atoms with Crippen molar-refractivity contribution in [2.24, 2.45) is 0 Å². The van der Waals surface area contributed by atoms with Crippen molar-refractivity contribution in [1.82, 2.24) is 4.90 Å². The van der Waals surface area contributed by atoms with E-state index in [0.717, 1.165) is 37.6 Å². The molecule has 0 unspecified atom stereocenters. The predicted octanol–water partition coefficient (Wildman–Crippen LogP) is 3.41. The Kier molecular flexibility index (Phi) is 5.79. The third-order valence-corrected chi connectivity index (χ3v) is 4.73. The number of hydrogen-bond donors (Lipinski definition) is 2. The van der Waals surface area contributed by atoms with E-state index in [2.05, 4.69) is 41.4 Å². The molecule has 2 aromatic rings. The summed E-state index contributed by atoms with van der Waals surface area (Å²) in [6.45, 7) is 6.51. The lowest BCUT2D eigenvalue weighted by atomic mass is 10.1. The fraction of sp³-hybridized carbons (Fsp3) is 0.400. The van der Waals surface area contributed by atoms with Crippen molar-refractivity contribution in [2.75, 3.05) is 38.7 Å². The molecule has 25 heavy (non-hydrogen) atoms. The number of aromatic hydroxyl groups is 1. The minimum absolute atomic E-state index is 0.163. The number of nitrogens with one attached hydrogen (secondary N) is 1. The average Bonchev–Trinajstić information content (AvgIpc) is 2.67. The Morgan fingerprint density at radius 2 is 1.88 bits per heavy atom. The quantitative estimate of drug-likeness (QED) is 0.843. The van der Waals surface area contributed by atoms with E-state index in [1.807, 2.05) is 6.07 Å². The van der Waals surface area contributed by atoms with Crippen LogP contribution >= 0.6 is 0 Å². The molecule has 134 valence electrons. The first-order valence-electron chi connectivity index (χ1n) is 8.69. The topological polar surface area (TPSA) is 54.0 Å². The summed E-state index contributed by atoms with van der Waals surface area (Å²) in [5.74, 6) is 0.654. The Hall–Kier alpha value is -2.24. The van der Waals surface area contributed by atoms with Crippen LogP contribution in [0.5, 0.6) is 11.5 Å². The highest BCUT2D eigenvalue weighted by Crippen LogP contribution is 2.27. The SMILES string of the molecule is COc1ccc(CNc2ccc([C@H](C)N3CCOCC3)cc2)cc1O. The van der Waals surface area contributed by atoms with Crippen LogP contribution in [0, 0.1) is 0 Å². The summed E-state index contributed by atoms with van der Waals surface area (Å²) in [5.41, 5.74) is 3.38. The number of morpholine rings is 1. The van der Waals surface area contributed by atoms with E-state index in [1.54, 1.807) is 19.2 Å². The highest BCUT2D eigenvalue weighted by Gasteiger charge is 2.18. The molecule has 3 rings (SSSR count). The largest absolute Gasteiger partial charge is 0.504 e. The molecule has 2 aromatic carbocycles. The van der Waals surface area contributed by atoms with E-state index < -0.39 is 0 Å². The van der Waals surface area contributed by atoms with Gasteiger partial charge in [-0.15, -0.1) is 0 Å². The number of hydrogen-bond acceptors (Lipinski definition) is 5. The van der Waals surface area contributed by atoms with E-state index in [1.165, 1.54) is 5.56 Å². The summed E-state index contributed by atoms with van der Waals surface area (Å²) in [5, 5.41) is 13.2. The maximum Gasteiger partial charge on any atom is 0.160 e. The molecule has 0 amide bonds. The molecule has 0 spiro atoms. The number of methoxy groups -OCH3 is 1. The van der Waals surface area contributed by atoms with Gasteiger partial charge >= 0.3 is 0 Å². The predicted molar refractivity (Wildman–Crippen MR) is 99.2 cm³/mol. The van der Waals surface area contributed by atoms with Gasteiger partial charge in [-0.1, -0.05) is 18.2 Å². The Labute approximate surface area is 149 Å². The molecular formula is C20H26N2O3. The van der Waals surface area contributed by atoms with E-state index in [-0.39, 0.29) is 5.75 Å². The van der Waals surface area contributed by atoms with Gasteiger partial charge in [0.05, 0.1) is 20.3 Å². The molecule has 0 aromatic heterocycles. The van der Waals surface area contributed by atoms with Gasteiger partial charge in [0.1, 0.15) is 0 Å². The first kappa shape index (κ1) is 17.6. The zero-order chi connectivity index (χ0) is 17.6. The molecule has 1 aliphatic rings. The van der Waals surface area contributed by atoms with Crippen LogP contribution in [0.1, 0.15) is 24.1 Å². The summed E-state index contributed by atoms with van der Waals surface area (Å²) in [7, 11) is 1.55. The fourth-order valence-corrected chi connectivity index (χ4v) is 3.10. The maximum absolute atomic E-state index is 9.84. The smallest absolute Gasteiger partial charge is 0.160 e. The van der Waals surface area contributed by atoms with Gasteiger partial charge in [0.2, 0.25) is 0 Å². The Bertz CT molecular complexity index is 682. The molecule has 0 aliphatic carbocycles. The molecule has 0 radical (unpaired) electrons. The summed E-state index contributed by atoms with van der Waals surface area (Å²) in [6.07, 6.45) is 0. The number of benzene rings is 2.